The predicted molar refractivity (Wildman–Crippen MR) is 53.1 cm³/mol. The highest BCUT2D eigenvalue weighted by Crippen LogP contribution is 2.31. The summed E-state index contributed by atoms with van der Waals surface area (Å²) in [6.45, 7) is 0. The van der Waals surface area contributed by atoms with Gasteiger partial charge in [-0.15, -0.1) is 0 Å². The normalized spacial score (nSPS) is 15.0. The number of hydrogen-bond donors (Lipinski definition) is 0. The number of Topliss-reactive ketones (excluding diaryl/α,β-unsaturated/α-hetero) is 2. The Kier molecular flexibility index (Phi) is 2.62. The Bertz CT molecular complexity index is 408. The highest BCUT2D eigenvalue weighted by atomic mass is 19.1. The van der Waals surface area contributed by atoms with Crippen LogP contribution in [0.15, 0.2) is 24.3 Å². The van der Waals surface area contributed by atoms with Crippen LogP contribution < -0.4 is 0 Å². The first-order valence-corrected chi connectivity index (χ1v) is 4.98. The fraction of sp³-hybridized carbons (Fsp3) is 0.333. The molecule has 0 radical (unpaired) electrons. The SMILES string of the molecule is O=C(CC(=O)C1CC1)c1cccc(F)c1. The van der Waals surface area contributed by atoms with Crippen LogP contribution in [0.4, 0.5) is 4.39 Å². The molecular formula is C12H11FO2. The molecule has 0 aromatic heterocycles. The lowest BCUT2D eigenvalue weighted by Gasteiger charge is -1.99. The number of carbonyl (C=O) groups excluding carboxylic acids is 2. The summed E-state index contributed by atoms with van der Waals surface area (Å²) < 4.78 is 12.8. The van der Waals surface area contributed by atoms with Crippen LogP contribution in [0.5, 0.6) is 0 Å². The van der Waals surface area contributed by atoms with E-state index in [1.807, 2.05) is 0 Å². The Balaban J connectivity index is 2.03. The van der Waals surface area contributed by atoms with Gasteiger partial charge in [0, 0.05) is 11.5 Å². The van der Waals surface area contributed by atoms with E-state index in [2.05, 4.69) is 0 Å². The van der Waals surface area contributed by atoms with Gasteiger partial charge in [-0.3, -0.25) is 9.59 Å². The molecule has 1 aliphatic carbocycles. The van der Waals surface area contributed by atoms with Gasteiger partial charge in [-0.05, 0) is 25.0 Å². The van der Waals surface area contributed by atoms with Crippen LogP contribution in [-0.4, -0.2) is 11.6 Å². The zero-order valence-electron chi connectivity index (χ0n) is 8.20. The molecule has 15 heavy (non-hydrogen) atoms. The third-order valence-electron chi connectivity index (χ3n) is 2.51. The molecule has 78 valence electrons. The van der Waals surface area contributed by atoms with Crippen molar-refractivity contribution in [2.75, 3.05) is 0 Å². The van der Waals surface area contributed by atoms with Crippen molar-refractivity contribution in [3.05, 3.63) is 35.6 Å². The minimum Gasteiger partial charge on any atom is -0.299 e. The van der Waals surface area contributed by atoms with Crippen LogP contribution in [-0.2, 0) is 4.79 Å². The Morgan fingerprint density at radius 3 is 2.67 bits per heavy atom. The summed E-state index contributed by atoms with van der Waals surface area (Å²) in [6.07, 6.45) is 1.71. The molecule has 2 nitrogen and oxygen atoms in total. The highest BCUT2D eigenvalue weighted by Gasteiger charge is 2.30. The molecule has 1 aromatic rings. The maximum Gasteiger partial charge on any atom is 0.170 e. The summed E-state index contributed by atoms with van der Waals surface area (Å²) in [5.74, 6) is -0.655. The Morgan fingerprint density at radius 2 is 2.07 bits per heavy atom. The first-order valence-electron chi connectivity index (χ1n) is 4.98. The van der Waals surface area contributed by atoms with Crippen LogP contribution in [0, 0.1) is 11.7 Å². The van der Waals surface area contributed by atoms with E-state index in [9.17, 15) is 14.0 Å². The van der Waals surface area contributed by atoms with Crippen LogP contribution in [0.1, 0.15) is 29.6 Å². The largest absolute Gasteiger partial charge is 0.299 e. The molecule has 0 unspecified atom stereocenters. The van der Waals surface area contributed by atoms with Gasteiger partial charge in [-0.1, -0.05) is 12.1 Å². The van der Waals surface area contributed by atoms with E-state index in [-0.39, 0.29) is 29.5 Å². The van der Waals surface area contributed by atoms with E-state index < -0.39 is 5.82 Å². The lowest BCUT2D eigenvalue weighted by Crippen LogP contribution is -2.09. The number of benzene rings is 1. The second kappa shape index (κ2) is 3.93. The number of ketones is 2. The Labute approximate surface area is 87.1 Å². The smallest absolute Gasteiger partial charge is 0.170 e. The van der Waals surface area contributed by atoms with Gasteiger partial charge in [-0.2, -0.15) is 0 Å². The summed E-state index contributed by atoms with van der Waals surface area (Å²) in [5.41, 5.74) is 0.281. The molecular weight excluding hydrogens is 195 g/mol. The molecule has 1 saturated carbocycles. The molecule has 1 aromatic carbocycles. The minimum absolute atomic E-state index is 0.00994. The number of rotatable bonds is 4. The van der Waals surface area contributed by atoms with E-state index in [0.29, 0.717) is 0 Å². The average molecular weight is 206 g/mol. The standard InChI is InChI=1S/C12H11FO2/c13-10-3-1-2-9(6-10)12(15)7-11(14)8-4-5-8/h1-3,6,8H,4-5,7H2. The number of carbonyl (C=O) groups is 2. The molecule has 1 fully saturated rings. The van der Waals surface area contributed by atoms with Crippen LogP contribution in [0.25, 0.3) is 0 Å². The molecule has 0 spiro atoms. The van der Waals surface area contributed by atoms with Crippen molar-refractivity contribution in [1.29, 1.82) is 0 Å². The first-order chi connectivity index (χ1) is 7.16. The Morgan fingerprint density at radius 1 is 1.33 bits per heavy atom. The zero-order chi connectivity index (χ0) is 10.8. The van der Waals surface area contributed by atoms with E-state index >= 15 is 0 Å². The minimum atomic E-state index is -0.445. The number of hydrogen-bond acceptors (Lipinski definition) is 2. The van der Waals surface area contributed by atoms with Crippen molar-refractivity contribution in [2.24, 2.45) is 5.92 Å². The second-order valence-electron chi connectivity index (χ2n) is 3.85. The molecule has 2 rings (SSSR count). The molecule has 0 saturated heterocycles. The molecule has 1 aliphatic rings. The average Bonchev–Trinajstić information content (AvgIpc) is 3.00. The topological polar surface area (TPSA) is 34.1 Å². The van der Waals surface area contributed by atoms with Crippen molar-refractivity contribution in [3.63, 3.8) is 0 Å². The fourth-order valence-corrected chi connectivity index (χ4v) is 1.47. The predicted octanol–water partition coefficient (Wildman–Crippen LogP) is 2.38. The third kappa shape index (κ3) is 2.49. The molecule has 0 aliphatic heterocycles. The van der Waals surface area contributed by atoms with Gasteiger partial charge in [0.2, 0.25) is 0 Å². The quantitative estimate of drug-likeness (QED) is 0.560. The molecule has 0 heterocycles. The van der Waals surface area contributed by atoms with Gasteiger partial charge >= 0.3 is 0 Å². The molecule has 0 atom stereocenters. The van der Waals surface area contributed by atoms with Crippen molar-refractivity contribution < 1.29 is 14.0 Å². The summed E-state index contributed by atoms with van der Waals surface area (Å²) >= 11 is 0. The summed E-state index contributed by atoms with van der Waals surface area (Å²) in [6, 6.07) is 5.46. The summed E-state index contributed by atoms with van der Waals surface area (Å²) in [5, 5.41) is 0. The molecule has 0 N–H and O–H groups in total. The maximum absolute atomic E-state index is 12.8. The van der Waals surface area contributed by atoms with Crippen LogP contribution >= 0.6 is 0 Å². The third-order valence-corrected chi connectivity index (χ3v) is 2.51. The monoisotopic (exact) mass is 206 g/mol. The van der Waals surface area contributed by atoms with Gasteiger partial charge in [0.25, 0.3) is 0 Å². The second-order valence-corrected chi connectivity index (χ2v) is 3.85. The summed E-state index contributed by atoms with van der Waals surface area (Å²) in [4.78, 5) is 22.9. The van der Waals surface area contributed by atoms with Crippen molar-refractivity contribution in [1.82, 2.24) is 0 Å². The van der Waals surface area contributed by atoms with Crippen LogP contribution in [0.3, 0.4) is 0 Å². The van der Waals surface area contributed by atoms with E-state index in [4.69, 9.17) is 0 Å². The van der Waals surface area contributed by atoms with Crippen molar-refractivity contribution >= 4 is 11.6 Å². The molecule has 3 heteroatoms. The Hall–Kier alpha value is -1.51. The summed E-state index contributed by atoms with van der Waals surface area (Å²) in [7, 11) is 0. The van der Waals surface area contributed by atoms with E-state index in [1.54, 1.807) is 0 Å². The van der Waals surface area contributed by atoms with Gasteiger partial charge in [-0.25, -0.2) is 4.39 Å². The van der Waals surface area contributed by atoms with Gasteiger partial charge in [0.05, 0.1) is 6.42 Å². The molecule has 0 bridgehead atoms. The van der Waals surface area contributed by atoms with Gasteiger partial charge < -0.3 is 0 Å². The first kappa shape index (κ1) is 10.0. The lowest BCUT2D eigenvalue weighted by molar-refractivity contribution is -0.119. The van der Waals surface area contributed by atoms with Crippen LogP contribution in [0.2, 0.25) is 0 Å². The van der Waals surface area contributed by atoms with Gasteiger partial charge in [0.15, 0.2) is 5.78 Å². The van der Waals surface area contributed by atoms with Gasteiger partial charge in [0.1, 0.15) is 11.6 Å². The van der Waals surface area contributed by atoms with Crippen molar-refractivity contribution in [3.8, 4) is 0 Å². The lowest BCUT2D eigenvalue weighted by atomic mass is 10.0. The number of halogens is 1. The van der Waals surface area contributed by atoms with E-state index in [0.717, 1.165) is 12.8 Å². The maximum atomic E-state index is 12.8. The van der Waals surface area contributed by atoms with E-state index in [1.165, 1.54) is 24.3 Å². The highest BCUT2D eigenvalue weighted by molar-refractivity contribution is 6.09. The zero-order valence-corrected chi connectivity index (χ0v) is 8.20. The fourth-order valence-electron chi connectivity index (χ4n) is 1.47. The molecule has 0 amide bonds. The van der Waals surface area contributed by atoms with Crippen molar-refractivity contribution in [2.45, 2.75) is 19.3 Å².